The second-order valence-electron chi connectivity index (χ2n) is 3.96. The van der Waals surface area contributed by atoms with E-state index in [9.17, 15) is 4.79 Å². The highest BCUT2D eigenvalue weighted by Crippen LogP contribution is 2.27. The smallest absolute Gasteiger partial charge is 0.263 e. The van der Waals surface area contributed by atoms with E-state index in [2.05, 4.69) is 5.32 Å². The summed E-state index contributed by atoms with van der Waals surface area (Å²) in [5, 5.41) is 2.61. The van der Waals surface area contributed by atoms with Gasteiger partial charge in [-0.05, 0) is 30.2 Å². The molecule has 0 radical (unpaired) electrons. The number of amides is 1. The average Bonchev–Trinajstić information content (AvgIpc) is 2.75. The molecule has 0 atom stereocenters. The van der Waals surface area contributed by atoms with Gasteiger partial charge in [-0.1, -0.05) is 48.3 Å². The molecule has 1 amide bonds. The third-order valence-electron chi connectivity index (χ3n) is 2.62. The lowest BCUT2D eigenvalue weighted by Crippen LogP contribution is -2.18. The molecule has 1 aliphatic heterocycles. The van der Waals surface area contributed by atoms with Gasteiger partial charge in [-0.15, -0.1) is 0 Å². The largest absolute Gasteiger partial charge is 0.497 e. The minimum atomic E-state index is -0.119. The van der Waals surface area contributed by atoms with Crippen LogP contribution in [0.15, 0.2) is 40.8 Å². The maximum absolute atomic E-state index is 11.6. The Bertz CT molecular complexity index is 574. The van der Waals surface area contributed by atoms with Gasteiger partial charge in [-0.2, -0.15) is 0 Å². The van der Waals surface area contributed by atoms with Gasteiger partial charge in [0, 0.05) is 0 Å². The van der Waals surface area contributed by atoms with Crippen LogP contribution in [0.1, 0.15) is 12.5 Å². The number of nitrogens with one attached hydrogen (secondary N) is 1. The molecule has 98 valence electrons. The fourth-order valence-electron chi connectivity index (χ4n) is 1.59. The maximum Gasteiger partial charge on any atom is 0.263 e. The second kappa shape index (κ2) is 6.04. The SMILES string of the molecule is COc1ccc(C=CC(C)=C2SC(=S)NC2=O)cc1. The summed E-state index contributed by atoms with van der Waals surface area (Å²) in [6.07, 6.45) is 3.87. The van der Waals surface area contributed by atoms with Crippen molar-refractivity contribution in [3.63, 3.8) is 0 Å². The zero-order valence-corrected chi connectivity index (χ0v) is 12.2. The molecule has 0 aliphatic carbocycles. The van der Waals surface area contributed by atoms with Crippen molar-refractivity contribution < 1.29 is 9.53 Å². The van der Waals surface area contributed by atoms with Crippen LogP contribution < -0.4 is 10.1 Å². The fraction of sp³-hybridized carbons (Fsp3) is 0.143. The van der Waals surface area contributed by atoms with Crippen LogP contribution in [0.25, 0.3) is 6.08 Å². The molecule has 1 fully saturated rings. The van der Waals surface area contributed by atoms with Crippen molar-refractivity contribution in [3.05, 3.63) is 46.4 Å². The minimum Gasteiger partial charge on any atom is -0.497 e. The molecule has 0 bridgehead atoms. The number of carbonyl (C=O) groups excluding carboxylic acids is 1. The Morgan fingerprint density at radius 1 is 1.37 bits per heavy atom. The molecule has 1 N–H and O–H groups in total. The normalized spacial score (nSPS) is 17.8. The average molecular weight is 291 g/mol. The van der Waals surface area contributed by atoms with Gasteiger partial charge in [0.15, 0.2) is 0 Å². The monoisotopic (exact) mass is 291 g/mol. The van der Waals surface area contributed by atoms with Gasteiger partial charge in [-0.3, -0.25) is 4.79 Å². The number of allylic oxidation sites excluding steroid dienone is 2. The summed E-state index contributed by atoms with van der Waals surface area (Å²) in [5.41, 5.74) is 1.95. The van der Waals surface area contributed by atoms with Crippen molar-refractivity contribution in [2.75, 3.05) is 7.11 Å². The summed E-state index contributed by atoms with van der Waals surface area (Å²) in [6, 6.07) is 7.71. The summed E-state index contributed by atoms with van der Waals surface area (Å²) < 4.78 is 5.61. The lowest BCUT2D eigenvalue weighted by atomic mass is 10.1. The Hall–Kier alpha value is -1.59. The van der Waals surface area contributed by atoms with E-state index in [0.717, 1.165) is 16.9 Å². The molecule has 2 rings (SSSR count). The second-order valence-corrected chi connectivity index (χ2v) is 5.65. The summed E-state index contributed by atoms with van der Waals surface area (Å²) in [5.74, 6) is 0.704. The lowest BCUT2D eigenvalue weighted by molar-refractivity contribution is -0.115. The van der Waals surface area contributed by atoms with Crippen LogP contribution in [0.4, 0.5) is 0 Å². The van der Waals surface area contributed by atoms with E-state index >= 15 is 0 Å². The number of carbonyl (C=O) groups is 1. The van der Waals surface area contributed by atoms with E-state index in [1.165, 1.54) is 11.8 Å². The number of methoxy groups -OCH3 is 1. The molecule has 1 aromatic carbocycles. The number of thioether (sulfide) groups is 1. The zero-order chi connectivity index (χ0) is 13.8. The van der Waals surface area contributed by atoms with Gasteiger partial charge in [0.25, 0.3) is 5.91 Å². The van der Waals surface area contributed by atoms with Crippen LogP contribution >= 0.6 is 24.0 Å². The van der Waals surface area contributed by atoms with E-state index in [1.807, 2.05) is 43.3 Å². The van der Waals surface area contributed by atoms with Gasteiger partial charge in [0.1, 0.15) is 10.1 Å². The highest BCUT2D eigenvalue weighted by Gasteiger charge is 2.23. The fourth-order valence-corrected chi connectivity index (χ4v) is 2.63. The first kappa shape index (κ1) is 13.8. The van der Waals surface area contributed by atoms with Crippen LogP contribution in [0.5, 0.6) is 5.75 Å². The van der Waals surface area contributed by atoms with Crippen LogP contribution in [0, 0.1) is 0 Å². The van der Waals surface area contributed by atoms with Gasteiger partial charge in [0.05, 0.1) is 12.0 Å². The van der Waals surface area contributed by atoms with Crippen molar-refractivity contribution in [1.82, 2.24) is 5.32 Å². The van der Waals surface area contributed by atoms with Gasteiger partial charge in [-0.25, -0.2) is 0 Å². The molecule has 3 nitrogen and oxygen atoms in total. The Labute approximate surface area is 121 Å². The first-order valence-electron chi connectivity index (χ1n) is 5.66. The molecule has 0 saturated carbocycles. The molecule has 5 heteroatoms. The lowest BCUT2D eigenvalue weighted by Gasteiger charge is -2.00. The maximum atomic E-state index is 11.6. The molecular formula is C14H13NO2S2. The van der Waals surface area contributed by atoms with Crippen molar-refractivity contribution in [1.29, 1.82) is 0 Å². The molecule has 0 spiro atoms. The molecule has 1 heterocycles. The van der Waals surface area contributed by atoms with Crippen LogP contribution in [-0.2, 0) is 4.79 Å². The predicted octanol–water partition coefficient (Wildman–Crippen LogP) is 3.13. The third kappa shape index (κ3) is 3.45. The first-order chi connectivity index (χ1) is 9.10. The van der Waals surface area contributed by atoms with Crippen molar-refractivity contribution in [3.8, 4) is 5.75 Å². The van der Waals surface area contributed by atoms with E-state index in [4.69, 9.17) is 17.0 Å². The summed E-state index contributed by atoms with van der Waals surface area (Å²) >= 11 is 6.26. The predicted molar refractivity (Wildman–Crippen MR) is 83.1 cm³/mol. The molecular weight excluding hydrogens is 278 g/mol. The molecule has 19 heavy (non-hydrogen) atoms. The number of hydrogen-bond donors (Lipinski definition) is 1. The number of rotatable bonds is 3. The quantitative estimate of drug-likeness (QED) is 0.686. The summed E-state index contributed by atoms with van der Waals surface area (Å²) in [6.45, 7) is 1.90. The number of benzene rings is 1. The molecule has 1 aliphatic rings. The van der Waals surface area contributed by atoms with E-state index in [0.29, 0.717) is 9.23 Å². The standard InChI is InChI=1S/C14H13NO2S2/c1-9(12-13(16)15-14(18)19-12)3-4-10-5-7-11(17-2)8-6-10/h3-8H,1-2H3,(H,15,16,18). The molecule has 0 aromatic heterocycles. The summed E-state index contributed by atoms with van der Waals surface area (Å²) in [7, 11) is 1.64. The van der Waals surface area contributed by atoms with Crippen LogP contribution in [0.2, 0.25) is 0 Å². The highest BCUT2D eigenvalue weighted by molar-refractivity contribution is 8.26. The van der Waals surface area contributed by atoms with Crippen molar-refractivity contribution in [2.45, 2.75) is 6.92 Å². The van der Waals surface area contributed by atoms with E-state index in [1.54, 1.807) is 7.11 Å². The van der Waals surface area contributed by atoms with Crippen molar-refractivity contribution >= 4 is 40.3 Å². The van der Waals surface area contributed by atoms with Gasteiger partial charge >= 0.3 is 0 Å². The van der Waals surface area contributed by atoms with Crippen molar-refractivity contribution in [2.24, 2.45) is 0 Å². The number of thiocarbonyl (C=S) groups is 1. The Morgan fingerprint density at radius 2 is 2.05 bits per heavy atom. The Balaban J connectivity index is 2.15. The highest BCUT2D eigenvalue weighted by atomic mass is 32.2. The third-order valence-corrected chi connectivity index (χ3v) is 3.97. The Kier molecular flexibility index (Phi) is 4.39. The van der Waals surface area contributed by atoms with Gasteiger partial charge < -0.3 is 10.1 Å². The van der Waals surface area contributed by atoms with E-state index < -0.39 is 0 Å². The minimum absolute atomic E-state index is 0.119. The van der Waals surface area contributed by atoms with Crippen LogP contribution in [-0.4, -0.2) is 17.3 Å². The first-order valence-corrected chi connectivity index (χ1v) is 6.89. The summed E-state index contributed by atoms with van der Waals surface area (Å²) in [4.78, 5) is 12.3. The number of hydrogen-bond acceptors (Lipinski definition) is 4. The molecule has 1 saturated heterocycles. The van der Waals surface area contributed by atoms with E-state index in [-0.39, 0.29) is 5.91 Å². The number of ether oxygens (including phenoxy) is 1. The topological polar surface area (TPSA) is 38.3 Å². The molecule has 0 unspecified atom stereocenters. The Morgan fingerprint density at radius 3 is 2.58 bits per heavy atom. The molecule has 1 aromatic rings. The van der Waals surface area contributed by atoms with Crippen LogP contribution in [0.3, 0.4) is 0 Å². The van der Waals surface area contributed by atoms with Gasteiger partial charge in [0.2, 0.25) is 0 Å². The zero-order valence-electron chi connectivity index (χ0n) is 10.6.